The number of pyridine rings is 1. The van der Waals surface area contributed by atoms with Crippen molar-refractivity contribution >= 4 is 17.5 Å². The maximum absolute atomic E-state index is 11.1. The lowest BCUT2D eigenvalue weighted by Crippen LogP contribution is -2.36. The molecule has 0 saturated carbocycles. The number of morpholine rings is 1. The van der Waals surface area contributed by atoms with Crippen LogP contribution in [0.3, 0.4) is 0 Å². The van der Waals surface area contributed by atoms with Gasteiger partial charge in [0.2, 0.25) is 0 Å². The molecule has 2 N–H and O–H groups in total. The number of hydrogen-bond donors (Lipinski definition) is 2. The molecule has 7 nitrogen and oxygen atoms in total. The van der Waals surface area contributed by atoms with Gasteiger partial charge >= 0.3 is 5.97 Å². The van der Waals surface area contributed by atoms with Crippen LogP contribution in [0.15, 0.2) is 48.7 Å². The molecule has 2 aliphatic rings. The minimum atomic E-state index is -0.801. The van der Waals surface area contributed by atoms with Gasteiger partial charge in [0, 0.05) is 54.6 Å². The van der Waals surface area contributed by atoms with Crippen LogP contribution < -0.4 is 15.0 Å². The van der Waals surface area contributed by atoms with E-state index < -0.39 is 5.97 Å². The van der Waals surface area contributed by atoms with Gasteiger partial charge in [0.1, 0.15) is 11.6 Å². The highest BCUT2D eigenvalue weighted by atomic mass is 16.5. The van der Waals surface area contributed by atoms with E-state index in [-0.39, 0.29) is 12.3 Å². The van der Waals surface area contributed by atoms with Crippen LogP contribution in [0.4, 0.5) is 11.5 Å². The Balaban J connectivity index is 1.31. The first-order valence-electron chi connectivity index (χ1n) is 12.1. The van der Waals surface area contributed by atoms with Crippen LogP contribution in [0.25, 0.3) is 11.1 Å². The Morgan fingerprint density at radius 3 is 2.71 bits per heavy atom. The number of nitrogens with one attached hydrogen (secondary N) is 1. The Hall–Kier alpha value is -3.58. The number of aromatic nitrogens is 1. The number of hydrogen-bond acceptors (Lipinski definition) is 6. The fourth-order valence-corrected chi connectivity index (χ4v) is 5.00. The van der Waals surface area contributed by atoms with Gasteiger partial charge in [0.25, 0.3) is 0 Å². The van der Waals surface area contributed by atoms with Gasteiger partial charge < -0.3 is 24.8 Å². The second-order valence-corrected chi connectivity index (χ2v) is 9.26. The number of aryl methyl sites for hydroxylation is 1. The van der Waals surface area contributed by atoms with Gasteiger partial charge in [-0.25, -0.2) is 4.98 Å². The summed E-state index contributed by atoms with van der Waals surface area (Å²) < 4.78 is 11.2. The molecule has 182 valence electrons. The topological polar surface area (TPSA) is 83.9 Å². The molecule has 0 amide bonds. The quantitative estimate of drug-likeness (QED) is 0.512. The average Bonchev–Trinajstić information content (AvgIpc) is 3.26. The second-order valence-electron chi connectivity index (χ2n) is 9.26. The molecule has 7 heteroatoms. The van der Waals surface area contributed by atoms with Gasteiger partial charge in [0.05, 0.1) is 26.2 Å². The number of anilines is 2. The summed E-state index contributed by atoms with van der Waals surface area (Å²) in [6.07, 6.45) is 2.07. The van der Waals surface area contributed by atoms with Crippen molar-refractivity contribution in [3.63, 3.8) is 0 Å². The molecule has 3 aromatic rings. The van der Waals surface area contributed by atoms with E-state index in [9.17, 15) is 4.79 Å². The van der Waals surface area contributed by atoms with Crippen LogP contribution in [-0.2, 0) is 16.1 Å². The van der Waals surface area contributed by atoms with Crippen molar-refractivity contribution in [3.8, 4) is 16.9 Å². The third-order valence-corrected chi connectivity index (χ3v) is 6.95. The van der Waals surface area contributed by atoms with E-state index in [1.54, 1.807) is 0 Å². The summed E-state index contributed by atoms with van der Waals surface area (Å²) in [5.74, 6) is 0.885. The molecule has 0 unspecified atom stereocenters. The van der Waals surface area contributed by atoms with Gasteiger partial charge in [0.15, 0.2) is 0 Å². The zero-order valence-corrected chi connectivity index (χ0v) is 20.2. The van der Waals surface area contributed by atoms with Crippen LogP contribution in [-0.4, -0.2) is 49.0 Å². The maximum Gasteiger partial charge on any atom is 0.304 e. The molecule has 1 aromatic heterocycles. The zero-order chi connectivity index (χ0) is 24.4. The summed E-state index contributed by atoms with van der Waals surface area (Å²) in [6, 6.07) is 14.5. The zero-order valence-electron chi connectivity index (χ0n) is 20.2. The third kappa shape index (κ3) is 4.95. The van der Waals surface area contributed by atoms with Crippen LogP contribution in [0, 0.1) is 13.8 Å². The molecule has 35 heavy (non-hydrogen) atoms. The molecule has 1 fully saturated rings. The van der Waals surface area contributed by atoms with E-state index in [1.807, 2.05) is 24.4 Å². The van der Waals surface area contributed by atoms with E-state index in [2.05, 4.69) is 48.3 Å². The highest BCUT2D eigenvalue weighted by molar-refractivity contribution is 5.72. The largest absolute Gasteiger partial charge is 0.493 e. The lowest BCUT2D eigenvalue weighted by molar-refractivity contribution is -0.137. The van der Waals surface area contributed by atoms with E-state index in [0.29, 0.717) is 13.2 Å². The number of carbonyl (C=O) groups is 1. The molecular formula is C28H31N3O4. The molecule has 2 aromatic carbocycles. The Bertz CT molecular complexity index is 1220. The monoisotopic (exact) mass is 473 g/mol. The normalized spacial score (nSPS) is 17.1. The highest BCUT2D eigenvalue weighted by Gasteiger charge is 2.26. The number of fused-ring (bicyclic) bond motifs is 1. The molecule has 1 saturated heterocycles. The van der Waals surface area contributed by atoms with Crippen LogP contribution in [0.5, 0.6) is 5.75 Å². The van der Waals surface area contributed by atoms with Gasteiger partial charge in [-0.2, -0.15) is 0 Å². The first-order chi connectivity index (χ1) is 17.0. The Labute approximate surface area is 205 Å². The van der Waals surface area contributed by atoms with Crippen LogP contribution in [0.2, 0.25) is 0 Å². The van der Waals surface area contributed by atoms with Crippen molar-refractivity contribution in [2.45, 2.75) is 32.7 Å². The maximum atomic E-state index is 11.1. The summed E-state index contributed by atoms with van der Waals surface area (Å²) in [5.41, 5.74) is 7.94. The molecule has 0 bridgehead atoms. The van der Waals surface area contributed by atoms with E-state index in [1.165, 1.54) is 22.3 Å². The summed E-state index contributed by atoms with van der Waals surface area (Å²) in [4.78, 5) is 18.1. The first-order valence-corrected chi connectivity index (χ1v) is 12.1. The fourth-order valence-electron chi connectivity index (χ4n) is 5.00. The molecule has 1 atom stereocenters. The fraction of sp³-hybridized carbons (Fsp3) is 0.357. The highest BCUT2D eigenvalue weighted by Crippen LogP contribution is 2.38. The van der Waals surface area contributed by atoms with Gasteiger partial charge in [-0.3, -0.25) is 4.79 Å². The number of aliphatic carboxylic acids is 1. The smallest absolute Gasteiger partial charge is 0.304 e. The van der Waals surface area contributed by atoms with Crippen molar-refractivity contribution in [1.29, 1.82) is 0 Å². The number of carboxylic acids is 1. The van der Waals surface area contributed by atoms with E-state index in [0.717, 1.165) is 54.7 Å². The van der Waals surface area contributed by atoms with Crippen LogP contribution >= 0.6 is 0 Å². The number of ether oxygens (including phenoxy) is 2. The van der Waals surface area contributed by atoms with Crippen molar-refractivity contribution in [2.75, 3.05) is 43.1 Å². The lowest BCUT2D eigenvalue weighted by atomic mass is 9.93. The van der Waals surface area contributed by atoms with E-state index >= 15 is 0 Å². The summed E-state index contributed by atoms with van der Waals surface area (Å²) in [6.45, 7) is 8.64. The Morgan fingerprint density at radius 1 is 1.14 bits per heavy atom. The van der Waals surface area contributed by atoms with Crippen molar-refractivity contribution < 1.29 is 19.4 Å². The number of rotatable bonds is 7. The summed E-state index contributed by atoms with van der Waals surface area (Å²) in [5, 5.41) is 12.6. The minimum Gasteiger partial charge on any atom is -0.493 e. The van der Waals surface area contributed by atoms with Crippen molar-refractivity contribution in [1.82, 2.24) is 4.98 Å². The Morgan fingerprint density at radius 2 is 1.97 bits per heavy atom. The van der Waals surface area contributed by atoms with Crippen molar-refractivity contribution in [3.05, 3.63) is 70.9 Å². The summed E-state index contributed by atoms with van der Waals surface area (Å²) in [7, 11) is 0. The number of carboxylic acid groups (broad SMARTS) is 1. The third-order valence-electron chi connectivity index (χ3n) is 6.95. The van der Waals surface area contributed by atoms with Gasteiger partial charge in [-0.1, -0.05) is 18.2 Å². The second kappa shape index (κ2) is 9.96. The SMILES string of the molecule is Cc1ccc(CNc2ccc3c(c2)OC[C@H]3CC(=O)O)c(C)c1-c1ccc(N2CCOCC2)nc1. The first kappa shape index (κ1) is 23.2. The predicted molar refractivity (Wildman–Crippen MR) is 136 cm³/mol. The molecular weight excluding hydrogens is 442 g/mol. The standard InChI is InChI=1S/C28H31N3O4/c1-18-3-4-20(15-29-23-6-7-24-22(13-27(32)33)17-35-25(24)14-23)19(2)28(18)21-5-8-26(30-16-21)31-9-11-34-12-10-31/h3-8,14,16,22,29H,9-13,15,17H2,1-2H3,(H,32,33)/t22-/m1/s1. The molecule has 0 spiro atoms. The number of benzene rings is 2. The molecule has 0 aliphatic carbocycles. The van der Waals surface area contributed by atoms with Gasteiger partial charge in [-0.05, 0) is 54.3 Å². The van der Waals surface area contributed by atoms with E-state index in [4.69, 9.17) is 19.6 Å². The summed E-state index contributed by atoms with van der Waals surface area (Å²) >= 11 is 0. The molecule has 2 aliphatic heterocycles. The lowest BCUT2D eigenvalue weighted by Gasteiger charge is -2.27. The van der Waals surface area contributed by atoms with Gasteiger partial charge in [-0.15, -0.1) is 0 Å². The average molecular weight is 474 g/mol. The molecule has 5 rings (SSSR count). The van der Waals surface area contributed by atoms with Crippen molar-refractivity contribution in [2.24, 2.45) is 0 Å². The van der Waals surface area contributed by atoms with Crippen LogP contribution in [0.1, 0.15) is 34.6 Å². The number of nitrogens with zero attached hydrogens (tertiary/aromatic N) is 2. The molecule has 3 heterocycles. The molecule has 0 radical (unpaired) electrons. The Kier molecular flexibility index (Phi) is 6.59. The minimum absolute atomic E-state index is 0.0818. The predicted octanol–water partition coefficient (Wildman–Crippen LogP) is 4.76.